The Morgan fingerprint density at radius 1 is 1.24 bits per heavy atom. The maximum atomic E-state index is 13.0. The number of hydrogen-bond acceptors (Lipinski definition) is 5. The van der Waals surface area contributed by atoms with E-state index in [9.17, 15) is 9.50 Å². The number of aryl methyl sites for hydroxylation is 1. The van der Waals surface area contributed by atoms with Gasteiger partial charge in [0, 0.05) is 24.9 Å². The highest BCUT2D eigenvalue weighted by atomic mass is 19.1. The highest BCUT2D eigenvalue weighted by molar-refractivity contribution is 5.22. The van der Waals surface area contributed by atoms with Gasteiger partial charge in [0.2, 0.25) is 5.89 Å². The van der Waals surface area contributed by atoms with Gasteiger partial charge in [0.15, 0.2) is 5.82 Å². The van der Waals surface area contributed by atoms with Crippen LogP contribution in [0.25, 0.3) is 0 Å². The van der Waals surface area contributed by atoms with E-state index < -0.39 is 5.60 Å². The van der Waals surface area contributed by atoms with Crippen LogP contribution in [-0.4, -0.2) is 27.8 Å². The maximum absolute atomic E-state index is 13.0. The Bertz CT molecular complexity index is 676. The zero-order valence-corrected chi connectivity index (χ0v) is 14.8. The molecule has 1 fully saturated rings. The molecule has 2 aromatic rings. The zero-order chi connectivity index (χ0) is 17.9. The van der Waals surface area contributed by atoms with Gasteiger partial charge in [0.1, 0.15) is 5.82 Å². The molecule has 25 heavy (non-hydrogen) atoms. The molecule has 1 aromatic heterocycles. The lowest BCUT2D eigenvalue weighted by atomic mass is 9.85. The molecule has 0 bridgehead atoms. The minimum atomic E-state index is -1.02. The fourth-order valence-electron chi connectivity index (χ4n) is 3.38. The number of rotatable bonds is 6. The quantitative estimate of drug-likeness (QED) is 0.839. The molecule has 0 amide bonds. The van der Waals surface area contributed by atoms with Gasteiger partial charge in [-0.1, -0.05) is 24.2 Å². The largest absolute Gasteiger partial charge is 0.384 e. The summed E-state index contributed by atoms with van der Waals surface area (Å²) in [5, 5.41) is 18.1. The number of aliphatic hydroxyl groups is 1. The Balaban J connectivity index is 1.49. The van der Waals surface area contributed by atoms with Crippen LogP contribution in [0.4, 0.5) is 4.39 Å². The number of aromatic nitrogens is 2. The van der Waals surface area contributed by atoms with Gasteiger partial charge >= 0.3 is 0 Å². The molecule has 0 aliphatic heterocycles. The summed E-state index contributed by atoms with van der Waals surface area (Å²) in [5.41, 5.74) is -0.305. The SMILES string of the molecule is CCc1noc(C2CCC(NCC(C)(O)c3ccc(F)cc3)CC2)n1. The second-order valence-corrected chi connectivity index (χ2v) is 7.11. The number of nitrogens with zero attached hydrogens (tertiary/aromatic N) is 2. The minimum Gasteiger partial charge on any atom is -0.384 e. The first-order valence-electron chi connectivity index (χ1n) is 9.02. The van der Waals surface area contributed by atoms with E-state index in [4.69, 9.17) is 4.52 Å². The van der Waals surface area contributed by atoms with Crippen LogP contribution in [0.5, 0.6) is 0 Å². The lowest BCUT2D eigenvalue weighted by Gasteiger charge is -2.31. The van der Waals surface area contributed by atoms with E-state index >= 15 is 0 Å². The van der Waals surface area contributed by atoms with Gasteiger partial charge < -0.3 is 14.9 Å². The standard InChI is InChI=1S/C19H26FN3O2/c1-3-17-22-18(25-23-17)13-4-10-16(11-5-13)21-12-19(2,24)14-6-8-15(20)9-7-14/h6-9,13,16,21,24H,3-5,10-12H2,1-2H3. The van der Waals surface area contributed by atoms with E-state index in [2.05, 4.69) is 15.5 Å². The Hall–Kier alpha value is -1.79. The lowest BCUT2D eigenvalue weighted by molar-refractivity contribution is 0.0517. The van der Waals surface area contributed by atoms with E-state index in [1.807, 2.05) is 6.92 Å². The summed E-state index contributed by atoms with van der Waals surface area (Å²) in [7, 11) is 0. The van der Waals surface area contributed by atoms with Crippen LogP contribution in [0.3, 0.4) is 0 Å². The van der Waals surface area contributed by atoms with Gasteiger partial charge in [0.25, 0.3) is 0 Å². The molecule has 5 nitrogen and oxygen atoms in total. The van der Waals surface area contributed by atoms with E-state index in [1.165, 1.54) is 12.1 Å². The smallest absolute Gasteiger partial charge is 0.229 e. The van der Waals surface area contributed by atoms with Crippen molar-refractivity contribution in [2.45, 2.75) is 63.5 Å². The van der Waals surface area contributed by atoms with Gasteiger partial charge in [-0.2, -0.15) is 4.98 Å². The number of benzene rings is 1. The molecule has 1 aliphatic rings. The topological polar surface area (TPSA) is 71.2 Å². The van der Waals surface area contributed by atoms with Crippen LogP contribution in [0.1, 0.15) is 62.7 Å². The van der Waals surface area contributed by atoms with Gasteiger partial charge in [-0.15, -0.1) is 0 Å². The normalized spacial score (nSPS) is 23.4. The zero-order valence-electron chi connectivity index (χ0n) is 14.8. The van der Waals surface area contributed by atoms with E-state index in [0.29, 0.717) is 24.1 Å². The monoisotopic (exact) mass is 347 g/mol. The molecule has 1 heterocycles. The highest BCUT2D eigenvalue weighted by Crippen LogP contribution is 2.32. The average molecular weight is 347 g/mol. The van der Waals surface area contributed by atoms with Crippen LogP contribution in [0, 0.1) is 5.82 Å². The predicted octanol–water partition coefficient (Wildman–Crippen LogP) is 3.29. The van der Waals surface area contributed by atoms with Crippen molar-refractivity contribution in [2.75, 3.05) is 6.54 Å². The van der Waals surface area contributed by atoms with E-state index in [1.54, 1.807) is 19.1 Å². The van der Waals surface area contributed by atoms with Crippen molar-refractivity contribution in [2.24, 2.45) is 0 Å². The van der Waals surface area contributed by atoms with Crippen molar-refractivity contribution in [1.29, 1.82) is 0 Å². The van der Waals surface area contributed by atoms with Gasteiger partial charge in [-0.3, -0.25) is 0 Å². The predicted molar refractivity (Wildman–Crippen MR) is 92.6 cm³/mol. The van der Waals surface area contributed by atoms with Crippen LogP contribution in [0.15, 0.2) is 28.8 Å². The average Bonchev–Trinajstić information content (AvgIpc) is 3.10. The van der Waals surface area contributed by atoms with Gasteiger partial charge in [0.05, 0.1) is 5.60 Å². The molecule has 0 radical (unpaired) electrons. The third-order valence-electron chi connectivity index (χ3n) is 5.08. The first-order chi connectivity index (χ1) is 12.0. The summed E-state index contributed by atoms with van der Waals surface area (Å²) in [5.74, 6) is 1.57. The molecule has 136 valence electrons. The summed E-state index contributed by atoms with van der Waals surface area (Å²) in [6.07, 6.45) is 4.81. The second kappa shape index (κ2) is 7.62. The minimum absolute atomic E-state index is 0.293. The first-order valence-corrected chi connectivity index (χ1v) is 9.02. The van der Waals surface area contributed by atoms with Crippen molar-refractivity contribution in [3.8, 4) is 0 Å². The van der Waals surface area contributed by atoms with Crippen molar-refractivity contribution >= 4 is 0 Å². The molecule has 0 spiro atoms. The molecular weight excluding hydrogens is 321 g/mol. The molecule has 1 unspecified atom stereocenters. The van der Waals surface area contributed by atoms with Gasteiger partial charge in [-0.25, -0.2) is 4.39 Å². The molecule has 3 rings (SSSR count). The highest BCUT2D eigenvalue weighted by Gasteiger charge is 2.29. The third kappa shape index (κ3) is 4.44. The molecule has 1 saturated carbocycles. The Morgan fingerprint density at radius 2 is 1.92 bits per heavy atom. The Morgan fingerprint density at radius 3 is 2.52 bits per heavy atom. The van der Waals surface area contributed by atoms with Crippen molar-refractivity contribution in [3.05, 3.63) is 47.4 Å². The summed E-state index contributed by atoms with van der Waals surface area (Å²) in [6.45, 7) is 4.21. The number of halogens is 1. The molecular formula is C19H26FN3O2. The number of hydrogen-bond donors (Lipinski definition) is 2. The van der Waals surface area contributed by atoms with E-state index in [0.717, 1.165) is 43.8 Å². The van der Waals surface area contributed by atoms with Gasteiger partial charge in [-0.05, 0) is 50.3 Å². The fraction of sp³-hybridized carbons (Fsp3) is 0.579. The van der Waals surface area contributed by atoms with Crippen LogP contribution in [-0.2, 0) is 12.0 Å². The fourth-order valence-corrected chi connectivity index (χ4v) is 3.38. The molecule has 1 aliphatic carbocycles. The lowest BCUT2D eigenvalue weighted by Crippen LogP contribution is -2.42. The van der Waals surface area contributed by atoms with Crippen molar-refractivity contribution < 1.29 is 14.0 Å². The Labute approximate surface area is 147 Å². The molecule has 2 N–H and O–H groups in total. The summed E-state index contributed by atoms with van der Waals surface area (Å²) in [6, 6.07) is 6.38. The van der Waals surface area contributed by atoms with E-state index in [-0.39, 0.29) is 5.82 Å². The van der Waals surface area contributed by atoms with Crippen LogP contribution in [0.2, 0.25) is 0 Å². The maximum Gasteiger partial charge on any atom is 0.229 e. The van der Waals surface area contributed by atoms with Crippen LogP contribution < -0.4 is 5.32 Å². The second-order valence-electron chi connectivity index (χ2n) is 7.11. The molecule has 1 aromatic carbocycles. The summed E-state index contributed by atoms with van der Waals surface area (Å²) < 4.78 is 18.4. The molecule has 0 saturated heterocycles. The summed E-state index contributed by atoms with van der Waals surface area (Å²) in [4.78, 5) is 4.44. The first kappa shape index (κ1) is 18.0. The van der Waals surface area contributed by atoms with Crippen molar-refractivity contribution in [3.63, 3.8) is 0 Å². The Kier molecular flexibility index (Phi) is 5.49. The third-order valence-corrected chi connectivity index (χ3v) is 5.08. The van der Waals surface area contributed by atoms with Crippen LogP contribution >= 0.6 is 0 Å². The van der Waals surface area contributed by atoms with Crippen molar-refractivity contribution in [1.82, 2.24) is 15.5 Å². The summed E-state index contributed by atoms with van der Waals surface area (Å²) >= 11 is 0. The number of nitrogens with one attached hydrogen (secondary N) is 1. The molecule has 6 heteroatoms. The molecule has 1 atom stereocenters.